The number of hydrogen-bond acceptors (Lipinski definition) is 1. The van der Waals surface area contributed by atoms with Crippen molar-refractivity contribution in [2.24, 2.45) is 5.73 Å². The van der Waals surface area contributed by atoms with Gasteiger partial charge in [-0.3, -0.25) is 0 Å². The molecule has 0 bridgehead atoms. The van der Waals surface area contributed by atoms with Crippen molar-refractivity contribution >= 4 is 11.6 Å². The second-order valence-corrected chi connectivity index (χ2v) is 5.19. The normalized spacial score (nSPS) is 14.1. The molecule has 0 heterocycles. The Balaban J connectivity index is 3.13. The summed E-state index contributed by atoms with van der Waals surface area (Å²) < 4.78 is 0. The summed E-state index contributed by atoms with van der Waals surface area (Å²) in [5, 5.41) is 0. The van der Waals surface area contributed by atoms with Crippen molar-refractivity contribution < 1.29 is 0 Å². The van der Waals surface area contributed by atoms with Gasteiger partial charge in [0.1, 0.15) is 5.50 Å². The van der Waals surface area contributed by atoms with Crippen LogP contribution in [0.4, 0.5) is 0 Å². The smallest absolute Gasteiger partial charge is 0.106 e. The Morgan fingerprint density at radius 2 is 1.86 bits per heavy atom. The van der Waals surface area contributed by atoms with Crippen molar-refractivity contribution in [1.29, 1.82) is 0 Å². The second-order valence-electron chi connectivity index (χ2n) is 4.72. The van der Waals surface area contributed by atoms with Crippen molar-refractivity contribution in [3.8, 4) is 0 Å². The van der Waals surface area contributed by atoms with E-state index in [0.717, 1.165) is 5.56 Å². The highest BCUT2D eigenvalue weighted by molar-refractivity contribution is 6.20. The second kappa shape index (κ2) is 3.92. The fraction of sp³-hybridized carbons (Fsp3) is 0.500. The maximum absolute atomic E-state index is 5.85. The van der Waals surface area contributed by atoms with Crippen LogP contribution in [0.25, 0.3) is 0 Å². The number of rotatable bonds is 1. The van der Waals surface area contributed by atoms with Gasteiger partial charge < -0.3 is 5.73 Å². The molecule has 0 amide bonds. The van der Waals surface area contributed by atoms with E-state index in [2.05, 4.69) is 32.9 Å². The number of alkyl halides is 1. The van der Waals surface area contributed by atoms with Gasteiger partial charge in [-0.25, -0.2) is 0 Å². The first kappa shape index (κ1) is 11.5. The maximum atomic E-state index is 5.85. The fourth-order valence-corrected chi connectivity index (χ4v) is 1.70. The van der Waals surface area contributed by atoms with E-state index in [9.17, 15) is 0 Å². The van der Waals surface area contributed by atoms with Crippen LogP contribution in [0.3, 0.4) is 0 Å². The average molecular weight is 212 g/mol. The van der Waals surface area contributed by atoms with Crippen molar-refractivity contribution in [2.75, 3.05) is 0 Å². The van der Waals surface area contributed by atoms with Crippen LogP contribution in [0.15, 0.2) is 18.2 Å². The Bertz CT molecular complexity index is 324. The summed E-state index contributed by atoms with van der Waals surface area (Å²) >= 11 is 5.85. The van der Waals surface area contributed by atoms with Gasteiger partial charge >= 0.3 is 0 Å². The number of aryl methyl sites for hydroxylation is 1. The topological polar surface area (TPSA) is 26.0 Å². The van der Waals surface area contributed by atoms with E-state index in [4.69, 9.17) is 17.3 Å². The van der Waals surface area contributed by atoms with Crippen LogP contribution < -0.4 is 5.73 Å². The van der Waals surface area contributed by atoms with E-state index < -0.39 is 5.50 Å². The van der Waals surface area contributed by atoms with Crippen LogP contribution >= 0.6 is 11.6 Å². The summed E-state index contributed by atoms with van der Waals surface area (Å²) in [6.07, 6.45) is 0. The highest BCUT2D eigenvalue weighted by atomic mass is 35.5. The van der Waals surface area contributed by atoms with Gasteiger partial charge in [0.15, 0.2) is 0 Å². The number of benzene rings is 1. The Labute approximate surface area is 91.3 Å². The lowest BCUT2D eigenvalue weighted by Crippen LogP contribution is -2.12. The van der Waals surface area contributed by atoms with Crippen molar-refractivity contribution in [3.05, 3.63) is 34.9 Å². The molecule has 0 saturated heterocycles. The lowest BCUT2D eigenvalue weighted by Gasteiger charge is -2.21. The molecule has 1 nitrogen and oxygen atoms in total. The third-order valence-electron chi connectivity index (χ3n) is 2.43. The minimum absolute atomic E-state index is 0.180. The van der Waals surface area contributed by atoms with E-state index in [1.165, 1.54) is 11.1 Å². The summed E-state index contributed by atoms with van der Waals surface area (Å²) in [4.78, 5) is 0. The zero-order chi connectivity index (χ0) is 10.9. The van der Waals surface area contributed by atoms with E-state index in [1.54, 1.807) is 0 Å². The van der Waals surface area contributed by atoms with Gasteiger partial charge in [0.25, 0.3) is 0 Å². The Kier molecular flexibility index (Phi) is 3.23. The van der Waals surface area contributed by atoms with Gasteiger partial charge in [0, 0.05) is 0 Å². The lowest BCUT2D eigenvalue weighted by molar-refractivity contribution is 0.589. The molecular weight excluding hydrogens is 194 g/mol. The van der Waals surface area contributed by atoms with E-state index in [0.29, 0.717) is 0 Å². The van der Waals surface area contributed by atoms with Crippen LogP contribution in [0.5, 0.6) is 0 Å². The van der Waals surface area contributed by atoms with E-state index in [1.807, 2.05) is 13.0 Å². The van der Waals surface area contributed by atoms with E-state index in [-0.39, 0.29) is 5.41 Å². The molecule has 14 heavy (non-hydrogen) atoms. The van der Waals surface area contributed by atoms with Crippen LogP contribution in [0.2, 0.25) is 0 Å². The maximum Gasteiger partial charge on any atom is 0.106 e. The molecule has 1 aromatic carbocycles. The largest absolute Gasteiger partial charge is 0.312 e. The van der Waals surface area contributed by atoms with Gasteiger partial charge in [0.2, 0.25) is 0 Å². The van der Waals surface area contributed by atoms with Gasteiger partial charge in [-0.1, -0.05) is 39.0 Å². The van der Waals surface area contributed by atoms with Crippen LogP contribution in [0.1, 0.15) is 43.0 Å². The standard InChI is InChI=1S/C12H18ClN/c1-8-7-9(12(2,3)4)5-6-10(8)11(13)14/h5-7,11H,14H2,1-4H3. The molecule has 0 aliphatic carbocycles. The van der Waals surface area contributed by atoms with Crippen LogP contribution in [0, 0.1) is 6.92 Å². The quantitative estimate of drug-likeness (QED) is 0.559. The molecule has 78 valence electrons. The summed E-state index contributed by atoms with van der Waals surface area (Å²) in [6.45, 7) is 8.64. The molecule has 1 aromatic rings. The molecule has 1 unspecified atom stereocenters. The monoisotopic (exact) mass is 211 g/mol. The number of halogens is 1. The van der Waals surface area contributed by atoms with Crippen molar-refractivity contribution in [2.45, 2.75) is 38.6 Å². The van der Waals surface area contributed by atoms with Gasteiger partial charge in [-0.2, -0.15) is 0 Å². The molecule has 0 aromatic heterocycles. The van der Waals surface area contributed by atoms with Gasteiger partial charge in [-0.05, 0) is 29.0 Å². The molecule has 0 fully saturated rings. The first-order valence-corrected chi connectivity index (χ1v) is 5.26. The fourth-order valence-electron chi connectivity index (χ4n) is 1.45. The Morgan fingerprint density at radius 3 is 2.21 bits per heavy atom. The molecule has 1 atom stereocenters. The summed E-state index contributed by atoms with van der Waals surface area (Å²) in [6, 6.07) is 6.29. The Hall–Kier alpha value is -0.530. The summed E-state index contributed by atoms with van der Waals surface area (Å²) in [7, 11) is 0. The molecule has 0 radical (unpaired) electrons. The molecular formula is C12H18ClN. The average Bonchev–Trinajstić information content (AvgIpc) is 2.01. The van der Waals surface area contributed by atoms with E-state index >= 15 is 0 Å². The Morgan fingerprint density at radius 1 is 1.29 bits per heavy atom. The third kappa shape index (κ3) is 2.49. The first-order chi connectivity index (χ1) is 6.32. The first-order valence-electron chi connectivity index (χ1n) is 4.83. The number of nitrogens with two attached hydrogens (primary N) is 1. The third-order valence-corrected chi connectivity index (χ3v) is 2.67. The molecule has 0 aliphatic rings. The van der Waals surface area contributed by atoms with Gasteiger partial charge in [-0.15, -0.1) is 11.6 Å². The van der Waals surface area contributed by atoms with Crippen molar-refractivity contribution in [1.82, 2.24) is 0 Å². The highest BCUT2D eigenvalue weighted by Gasteiger charge is 2.15. The molecule has 1 rings (SSSR count). The summed E-state index contributed by atoms with van der Waals surface area (Å²) in [5.74, 6) is 0. The molecule has 2 heteroatoms. The van der Waals surface area contributed by atoms with Gasteiger partial charge in [0.05, 0.1) is 0 Å². The summed E-state index contributed by atoms with van der Waals surface area (Å²) in [5.41, 5.74) is 8.92. The van der Waals surface area contributed by atoms with Crippen molar-refractivity contribution in [3.63, 3.8) is 0 Å². The highest BCUT2D eigenvalue weighted by Crippen LogP contribution is 2.27. The molecule has 0 spiro atoms. The predicted octanol–water partition coefficient (Wildman–Crippen LogP) is 3.49. The predicted molar refractivity (Wildman–Crippen MR) is 62.7 cm³/mol. The molecule has 0 aliphatic heterocycles. The number of hydrogen-bond donors (Lipinski definition) is 1. The molecule has 0 saturated carbocycles. The zero-order valence-corrected chi connectivity index (χ0v) is 10.0. The minimum atomic E-state index is -0.399. The minimum Gasteiger partial charge on any atom is -0.312 e. The van der Waals surface area contributed by atoms with Crippen LogP contribution in [-0.4, -0.2) is 0 Å². The molecule has 2 N–H and O–H groups in total. The lowest BCUT2D eigenvalue weighted by atomic mass is 9.85. The zero-order valence-electron chi connectivity index (χ0n) is 9.26. The SMILES string of the molecule is Cc1cc(C(C)(C)C)ccc1C(N)Cl. The van der Waals surface area contributed by atoms with Crippen LogP contribution in [-0.2, 0) is 5.41 Å².